The van der Waals surface area contributed by atoms with E-state index in [1.165, 1.54) is 25.8 Å². The van der Waals surface area contributed by atoms with E-state index in [9.17, 15) is 0 Å². The predicted molar refractivity (Wildman–Crippen MR) is 166 cm³/mol. The molecule has 0 bridgehead atoms. The lowest BCUT2D eigenvalue weighted by molar-refractivity contribution is 0.145. The molecule has 5 nitrogen and oxygen atoms in total. The smallest absolute Gasteiger partial charge is 0.119 e. The molecule has 0 N–H and O–H groups in total. The van der Waals surface area contributed by atoms with Gasteiger partial charge in [-0.05, 0) is 130 Å². The minimum atomic E-state index is -0.209. The van der Waals surface area contributed by atoms with Crippen molar-refractivity contribution < 1.29 is 18.9 Å². The molecule has 0 fully saturated rings. The molecular formula is C33H34INO4. The predicted octanol–water partition coefficient (Wildman–Crippen LogP) is 8.12. The number of benzene rings is 4. The summed E-state index contributed by atoms with van der Waals surface area (Å²) in [5.41, 5.74) is 8.22. The van der Waals surface area contributed by atoms with E-state index in [4.69, 9.17) is 18.9 Å². The molecule has 1 aliphatic rings. The van der Waals surface area contributed by atoms with Gasteiger partial charge in [-0.2, -0.15) is 0 Å². The van der Waals surface area contributed by atoms with Gasteiger partial charge in [0.1, 0.15) is 11.5 Å². The zero-order chi connectivity index (χ0) is 27.4. The number of anilines is 3. The van der Waals surface area contributed by atoms with Crippen LogP contribution in [0.5, 0.6) is 11.5 Å². The summed E-state index contributed by atoms with van der Waals surface area (Å²) in [5, 5.41) is 0. The van der Waals surface area contributed by atoms with E-state index < -0.39 is 0 Å². The number of halogens is 1. The molecule has 0 saturated carbocycles. The van der Waals surface area contributed by atoms with Crippen molar-refractivity contribution in [3.05, 3.63) is 99.6 Å². The molecule has 0 aromatic heterocycles. The van der Waals surface area contributed by atoms with Gasteiger partial charge in [0, 0.05) is 53.5 Å². The molecule has 6 heteroatoms. The molecule has 0 unspecified atom stereocenters. The van der Waals surface area contributed by atoms with Crippen LogP contribution in [-0.2, 0) is 14.9 Å². The Morgan fingerprint density at radius 1 is 0.590 bits per heavy atom. The lowest BCUT2D eigenvalue weighted by Gasteiger charge is -2.33. The van der Waals surface area contributed by atoms with Gasteiger partial charge < -0.3 is 23.8 Å². The van der Waals surface area contributed by atoms with Gasteiger partial charge in [0.05, 0.1) is 14.2 Å². The topological polar surface area (TPSA) is 40.2 Å². The maximum Gasteiger partial charge on any atom is 0.119 e. The molecule has 4 aromatic carbocycles. The molecule has 0 spiro atoms. The summed E-state index contributed by atoms with van der Waals surface area (Å²) in [5.74, 6) is 1.65. The van der Waals surface area contributed by atoms with Gasteiger partial charge in [0.15, 0.2) is 0 Å². The lowest BCUT2D eigenvalue weighted by atomic mass is 9.73. The van der Waals surface area contributed by atoms with E-state index in [1.54, 1.807) is 28.4 Å². The second-order valence-corrected chi connectivity index (χ2v) is 11.0. The molecule has 4 aromatic rings. The maximum atomic E-state index is 5.65. The van der Waals surface area contributed by atoms with Crippen LogP contribution < -0.4 is 14.4 Å². The molecule has 1 aliphatic carbocycles. The monoisotopic (exact) mass is 635 g/mol. The van der Waals surface area contributed by atoms with Crippen molar-refractivity contribution in [3.63, 3.8) is 0 Å². The number of methoxy groups -OCH3 is 4. The highest BCUT2D eigenvalue weighted by molar-refractivity contribution is 14.1. The van der Waals surface area contributed by atoms with Crippen LogP contribution in [-0.4, -0.2) is 41.7 Å². The third-order valence-corrected chi connectivity index (χ3v) is 8.36. The Bertz CT molecular complexity index is 1360. The molecule has 0 atom stereocenters. The number of rotatable bonds is 11. The molecular weight excluding hydrogens is 601 g/mol. The Morgan fingerprint density at radius 3 is 1.54 bits per heavy atom. The summed E-state index contributed by atoms with van der Waals surface area (Å²) >= 11 is 2.42. The highest BCUT2D eigenvalue weighted by atomic mass is 127. The molecule has 0 aliphatic heterocycles. The second-order valence-electron chi connectivity index (χ2n) is 9.72. The number of fused-ring (bicyclic) bond motifs is 3. The van der Waals surface area contributed by atoms with Crippen molar-refractivity contribution >= 4 is 39.7 Å². The third kappa shape index (κ3) is 5.25. The summed E-state index contributed by atoms with van der Waals surface area (Å²) < 4.78 is 23.4. The second kappa shape index (κ2) is 12.0. The van der Waals surface area contributed by atoms with E-state index >= 15 is 0 Å². The van der Waals surface area contributed by atoms with Gasteiger partial charge in [0.25, 0.3) is 0 Å². The summed E-state index contributed by atoms with van der Waals surface area (Å²) in [4.78, 5) is 2.28. The van der Waals surface area contributed by atoms with Gasteiger partial charge in [-0.15, -0.1) is 0 Å². The SMILES string of the molecule is COCCC1(CCOC)c2cc(I)ccc2-c2ccc(N(c3ccc(OC)cc3)c3ccc(OC)cc3)cc21. The van der Waals surface area contributed by atoms with Crippen LogP contribution in [0.25, 0.3) is 11.1 Å². The van der Waals surface area contributed by atoms with Crippen molar-refractivity contribution in [3.8, 4) is 22.6 Å². The quantitative estimate of drug-likeness (QED) is 0.156. The van der Waals surface area contributed by atoms with Crippen molar-refractivity contribution in [1.29, 1.82) is 0 Å². The summed E-state index contributed by atoms with van der Waals surface area (Å²) in [6.45, 7) is 1.33. The number of hydrogen-bond donors (Lipinski definition) is 0. The normalized spacial score (nSPS) is 13.1. The Kier molecular flexibility index (Phi) is 8.45. The number of nitrogens with zero attached hydrogens (tertiary/aromatic N) is 1. The average Bonchev–Trinajstić information content (AvgIpc) is 3.24. The van der Waals surface area contributed by atoms with E-state index in [0.29, 0.717) is 13.2 Å². The molecule has 5 rings (SSSR count). The first kappa shape index (κ1) is 27.5. The van der Waals surface area contributed by atoms with Gasteiger partial charge in [0.2, 0.25) is 0 Å². The van der Waals surface area contributed by atoms with E-state index in [-0.39, 0.29) is 5.41 Å². The van der Waals surface area contributed by atoms with E-state index in [0.717, 1.165) is 41.4 Å². The van der Waals surface area contributed by atoms with Crippen LogP contribution in [0.2, 0.25) is 0 Å². The highest BCUT2D eigenvalue weighted by Crippen LogP contribution is 2.54. The summed E-state index contributed by atoms with van der Waals surface area (Å²) in [6, 6.07) is 30.0. The average molecular weight is 636 g/mol. The van der Waals surface area contributed by atoms with Gasteiger partial charge in [-0.1, -0.05) is 12.1 Å². The zero-order valence-corrected chi connectivity index (χ0v) is 25.0. The first-order chi connectivity index (χ1) is 19.0. The van der Waals surface area contributed by atoms with Crippen molar-refractivity contribution in [1.82, 2.24) is 0 Å². The molecule has 0 heterocycles. The van der Waals surface area contributed by atoms with Gasteiger partial charge in [-0.3, -0.25) is 0 Å². The van der Waals surface area contributed by atoms with Gasteiger partial charge in [-0.25, -0.2) is 0 Å². The van der Waals surface area contributed by atoms with Crippen LogP contribution in [0, 0.1) is 3.57 Å². The third-order valence-electron chi connectivity index (χ3n) is 7.69. The van der Waals surface area contributed by atoms with Crippen LogP contribution in [0.3, 0.4) is 0 Å². The standard InChI is InChI=1S/C33H34INO4/c1-36-19-17-33(18-20-37-2)31-21-23(34)5-15-29(31)30-16-10-26(22-32(30)33)35(24-6-11-27(38-3)12-7-24)25-8-13-28(39-4)14-9-25/h5-16,21-22H,17-20H2,1-4H3. The van der Waals surface area contributed by atoms with Crippen molar-refractivity contribution in [2.75, 3.05) is 46.6 Å². The fourth-order valence-corrected chi connectivity index (χ4v) is 6.21. The molecule has 39 heavy (non-hydrogen) atoms. The minimum Gasteiger partial charge on any atom is -0.497 e. The van der Waals surface area contributed by atoms with Crippen molar-refractivity contribution in [2.45, 2.75) is 18.3 Å². The molecule has 0 amide bonds. The Morgan fingerprint density at radius 2 is 1.05 bits per heavy atom. The van der Waals surface area contributed by atoms with Crippen LogP contribution >= 0.6 is 22.6 Å². The first-order valence-corrected chi connectivity index (χ1v) is 14.1. The van der Waals surface area contributed by atoms with Crippen LogP contribution in [0.4, 0.5) is 17.1 Å². The lowest BCUT2D eigenvalue weighted by Crippen LogP contribution is -2.29. The largest absolute Gasteiger partial charge is 0.497 e. The van der Waals surface area contributed by atoms with Crippen LogP contribution in [0.15, 0.2) is 84.9 Å². The van der Waals surface area contributed by atoms with Crippen LogP contribution in [0.1, 0.15) is 24.0 Å². The maximum absolute atomic E-state index is 5.65. The number of ether oxygens (including phenoxy) is 4. The van der Waals surface area contributed by atoms with Crippen molar-refractivity contribution in [2.24, 2.45) is 0 Å². The Hall–Kier alpha value is -3.07. The summed E-state index contributed by atoms with van der Waals surface area (Å²) in [7, 11) is 6.94. The number of hydrogen-bond acceptors (Lipinski definition) is 5. The molecule has 0 radical (unpaired) electrons. The zero-order valence-electron chi connectivity index (χ0n) is 22.9. The Labute approximate surface area is 244 Å². The fourth-order valence-electron chi connectivity index (χ4n) is 5.72. The highest BCUT2D eigenvalue weighted by Gasteiger charge is 2.43. The van der Waals surface area contributed by atoms with E-state index in [1.807, 2.05) is 24.3 Å². The molecule has 202 valence electrons. The Balaban J connectivity index is 1.70. The minimum absolute atomic E-state index is 0.209. The summed E-state index contributed by atoms with van der Waals surface area (Å²) in [6.07, 6.45) is 1.75. The first-order valence-electron chi connectivity index (χ1n) is 13.1. The molecule has 0 saturated heterocycles. The van der Waals surface area contributed by atoms with Gasteiger partial charge >= 0.3 is 0 Å². The van der Waals surface area contributed by atoms with E-state index in [2.05, 4.69) is 88.2 Å². The fraction of sp³-hybridized carbons (Fsp3) is 0.273.